The first kappa shape index (κ1) is 58.2. The number of amides is 2. The Hall–Kier alpha value is -3.80. The average Bonchev–Trinajstić information content (AvgIpc) is 3.84. The molecule has 17 nitrogen and oxygen atoms in total. The Kier molecular flexibility index (Phi) is 24.5. The molecule has 0 saturated carbocycles. The van der Waals surface area contributed by atoms with E-state index in [9.17, 15) is 9.59 Å². The first-order valence-electron chi connectivity index (χ1n) is 23.0. The molecular formula is C47H90N12O5. The van der Waals surface area contributed by atoms with Gasteiger partial charge in [0.2, 0.25) is 11.8 Å². The normalized spacial score (nSPS) is 12.6. The molecule has 2 amide bonds. The molecule has 64 heavy (non-hydrogen) atoms. The quantitative estimate of drug-likeness (QED) is 0.0904. The fourth-order valence-electron chi connectivity index (χ4n) is 5.77. The van der Waals surface area contributed by atoms with E-state index >= 15 is 0 Å². The molecular weight excluding hydrogens is 813 g/mol. The molecule has 3 aromatic rings. The second-order valence-electron chi connectivity index (χ2n) is 23.4. The van der Waals surface area contributed by atoms with E-state index in [2.05, 4.69) is 130 Å². The van der Waals surface area contributed by atoms with Gasteiger partial charge >= 0.3 is 0 Å². The summed E-state index contributed by atoms with van der Waals surface area (Å²) in [6, 6.07) is 0. The van der Waals surface area contributed by atoms with Gasteiger partial charge in [0.15, 0.2) is 0 Å². The number of rotatable bonds is 21. The van der Waals surface area contributed by atoms with Crippen molar-refractivity contribution in [3.05, 3.63) is 35.7 Å². The van der Waals surface area contributed by atoms with Crippen LogP contribution in [0.1, 0.15) is 167 Å². The van der Waals surface area contributed by atoms with Gasteiger partial charge in [-0.1, -0.05) is 78.0 Å². The Morgan fingerprint density at radius 3 is 1.31 bits per heavy atom. The number of hydrogen-bond acceptors (Lipinski definition) is 12. The van der Waals surface area contributed by atoms with Gasteiger partial charge < -0.3 is 30.2 Å². The number of hydrogen-bond donors (Lipinski definition) is 3. The van der Waals surface area contributed by atoms with Crippen LogP contribution >= 0.6 is 0 Å². The predicted molar refractivity (Wildman–Crippen MR) is 254 cm³/mol. The Morgan fingerprint density at radius 1 is 0.500 bits per heavy atom. The van der Waals surface area contributed by atoms with Crippen LogP contribution in [0.3, 0.4) is 0 Å². The summed E-state index contributed by atoms with van der Waals surface area (Å²) in [5.74, 6) is -0.0975. The third-order valence-electron chi connectivity index (χ3n) is 8.43. The summed E-state index contributed by atoms with van der Waals surface area (Å²) in [7, 11) is 0. The topological polar surface area (TPSA) is 190 Å². The van der Waals surface area contributed by atoms with Gasteiger partial charge in [0.05, 0.1) is 62.1 Å². The SMILES string of the molecule is CC(C)(C)CCCOCn1cc(CC(=O)NC(C)(C)C)nn1.CC(C)(C)CCCOCn1cc(CC(C)(C)C)nn1.CC(C)(C)NCCOCCn1cc(CC(=O)NC(C)(C)C)nn1. The van der Waals surface area contributed by atoms with Crippen LogP contribution in [0.5, 0.6) is 0 Å². The van der Waals surface area contributed by atoms with Crippen molar-refractivity contribution in [2.45, 2.75) is 206 Å². The Labute approximate surface area is 386 Å². The van der Waals surface area contributed by atoms with Crippen molar-refractivity contribution >= 4 is 11.8 Å². The molecule has 0 aliphatic carbocycles. The molecule has 3 aromatic heterocycles. The molecule has 0 bridgehead atoms. The Morgan fingerprint density at radius 2 is 0.906 bits per heavy atom. The van der Waals surface area contributed by atoms with Gasteiger partial charge in [-0.2, -0.15) is 0 Å². The lowest BCUT2D eigenvalue weighted by atomic mass is 9.91. The fraction of sp³-hybridized carbons (Fsp3) is 0.830. The molecule has 3 N–H and O–H groups in total. The van der Waals surface area contributed by atoms with Gasteiger partial charge in [0.25, 0.3) is 0 Å². The summed E-state index contributed by atoms with van der Waals surface area (Å²) in [4.78, 5) is 23.6. The summed E-state index contributed by atoms with van der Waals surface area (Å²) in [6.45, 7) is 43.2. The summed E-state index contributed by atoms with van der Waals surface area (Å²) in [6.07, 6.45) is 11.4. The van der Waals surface area contributed by atoms with E-state index in [1.54, 1.807) is 26.4 Å². The minimum absolute atomic E-state index is 0.0472. The average molecular weight is 903 g/mol. The van der Waals surface area contributed by atoms with Crippen molar-refractivity contribution < 1.29 is 23.8 Å². The third-order valence-corrected chi connectivity index (χ3v) is 8.43. The van der Waals surface area contributed by atoms with E-state index in [4.69, 9.17) is 14.2 Å². The van der Waals surface area contributed by atoms with Gasteiger partial charge in [-0.3, -0.25) is 9.59 Å². The fourth-order valence-corrected chi connectivity index (χ4v) is 5.77. The Bertz CT molecular complexity index is 1730. The highest BCUT2D eigenvalue weighted by atomic mass is 16.5. The van der Waals surface area contributed by atoms with E-state index in [0.717, 1.165) is 44.5 Å². The first-order valence-corrected chi connectivity index (χ1v) is 23.0. The van der Waals surface area contributed by atoms with Crippen molar-refractivity contribution in [1.29, 1.82) is 0 Å². The monoisotopic (exact) mass is 903 g/mol. The van der Waals surface area contributed by atoms with Gasteiger partial charge in [0.1, 0.15) is 13.5 Å². The van der Waals surface area contributed by atoms with Gasteiger partial charge in [-0.15, -0.1) is 15.3 Å². The van der Waals surface area contributed by atoms with Crippen LogP contribution in [-0.4, -0.2) is 106 Å². The van der Waals surface area contributed by atoms with Crippen molar-refractivity contribution in [2.24, 2.45) is 16.2 Å². The van der Waals surface area contributed by atoms with Crippen LogP contribution in [0.25, 0.3) is 0 Å². The maximum atomic E-state index is 11.8. The van der Waals surface area contributed by atoms with Crippen LogP contribution in [0, 0.1) is 16.2 Å². The van der Waals surface area contributed by atoms with E-state index in [0.29, 0.717) is 62.0 Å². The number of carbonyl (C=O) groups is 2. The van der Waals surface area contributed by atoms with Crippen molar-refractivity contribution in [3.63, 3.8) is 0 Å². The maximum Gasteiger partial charge on any atom is 0.226 e. The lowest BCUT2D eigenvalue weighted by molar-refractivity contribution is -0.122. The van der Waals surface area contributed by atoms with E-state index in [1.165, 1.54) is 6.42 Å². The number of carbonyl (C=O) groups excluding carboxylic acids is 2. The molecule has 0 aliphatic heterocycles. The number of ether oxygens (including phenoxy) is 3. The number of aromatic nitrogens is 9. The predicted octanol–water partition coefficient (Wildman–Crippen LogP) is 7.34. The number of nitrogens with zero attached hydrogens (tertiary/aromatic N) is 9. The first-order chi connectivity index (χ1) is 29.3. The molecule has 368 valence electrons. The smallest absolute Gasteiger partial charge is 0.226 e. The molecule has 3 rings (SSSR count). The molecule has 17 heteroatoms. The molecule has 0 spiro atoms. The standard InChI is InChI=1S/C16H31N5O2.C16H30N4O2.C15H29N3O/c1-15(2,3)17-7-9-23-10-8-21-12-13(19-20-21)11-14(22)18-16(4,5)6;1-15(2,3)8-7-9-22-12-20-11-13(18-19-20)10-14(21)17-16(4,5)6;1-14(2,3)8-7-9-19-12-18-11-13(16-17-18)10-15(4,5)6/h12,17H,7-11H2,1-6H3,(H,18,22);11H,7-10,12H2,1-6H3,(H,17,21);11H,7-10,12H2,1-6H3. The molecule has 0 radical (unpaired) electrons. The zero-order valence-electron chi connectivity index (χ0n) is 43.4. The van der Waals surface area contributed by atoms with Crippen LogP contribution < -0.4 is 16.0 Å². The summed E-state index contributed by atoms with van der Waals surface area (Å²) in [5.41, 5.74) is 2.96. The minimum atomic E-state index is -0.234. The second kappa shape index (κ2) is 27.0. The van der Waals surface area contributed by atoms with Gasteiger partial charge in [-0.25, -0.2) is 14.0 Å². The van der Waals surface area contributed by atoms with Crippen molar-refractivity contribution in [3.8, 4) is 0 Å². The highest BCUT2D eigenvalue weighted by molar-refractivity contribution is 5.79. The molecule has 3 heterocycles. The molecule has 0 atom stereocenters. The Balaban J connectivity index is 0.000000482. The maximum absolute atomic E-state index is 11.8. The van der Waals surface area contributed by atoms with Crippen molar-refractivity contribution in [2.75, 3.05) is 33.0 Å². The van der Waals surface area contributed by atoms with E-state index in [-0.39, 0.29) is 46.7 Å². The largest absolute Gasteiger partial charge is 0.378 e. The summed E-state index contributed by atoms with van der Waals surface area (Å²) >= 11 is 0. The van der Waals surface area contributed by atoms with Crippen molar-refractivity contribution in [1.82, 2.24) is 60.9 Å². The summed E-state index contributed by atoms with van der Waals surface area (Å²) < 4.78 is 21.9. The third kappa shape index (κ3) is 34.6. The lowest BCUT2D eigenvalue weighted by Crippen LogP contribution is -2.41. The molecule has 0 aliphatic rings. The van der Waals surface area contributed by atoms with E-state index in [1.807, 2.05) is 47.7 Å². The van der Waals surface area contributed by atoms with Crippen LogP contribution in [0.4, 0.5) is 0 Å². The van der Waals surface area contributed by atoms with Gasteiger partial charge in [0, 0.05) is 42.6 Å². The second-order valence-corrected chi connectivity index (χ2v) is 23.4. The zero-order valence-corrected chi connectivity index (χ0v) is 43.4. The molecule has 0 saturated heterocycles. The van der Waals surface area contributed by atoms with Crippen LogP contribution in [0.15, 0.2) is 18.6 Å². The molecule has 0 aromatic carbocycles. The molecule has 0 unspecified atom stereocenters. The van der Waals surface area contributed by atoms with E-state index < -0.39 is 0 Å². The highest BCUT2D eigenvalue weighted by Crippen LogP contribution is 2.21. The zero-order chi connectivity index (χ0) is 48.8. The molecule has 0 fully saturated rings. The number of nitrogens with one attached hydrogen (secondary N) is 3. The van der Waals surface area contributed by atoms with Crippen LogP contribution in [-0.2, 0) is 63.1 Å². The minimum Gasteiger partial charge on any atom is -0.378 e. The van der Waals surface area contributed by atoms with Crippen LogP contribution in [0.2, 0.25) is 0 Å². The summed E-state index contributed by atoms with van der Waals surface area (Å²) in [5, 5.41) is 33.4. The highest BCUT2D eigenvalue weighted by Gasteiger charge is 2.18. The lowest BCUT2D eigenvalue weighted by Gasteiger charge is -2.20. The van der Waals surface area contributed by atoms with Gasteiger partial charge in [-0.05, 0) is 111 Å².